The Morgan fingerprint density at radius 1 is 1.16 bits per heavy atom. The van der Waals surface area contributed by atoms with Gasteiger partial charge >= 0.3 is 5.63 Å². The lowest BCUT2D eigenvalue weighted by Gasteiger charge is -2.10. The molecule has 0 amide bonds. The molecule has 0 unspecified atom stereocenters. The standard InChI is InChI=1S/C16H12O3/c1-2-12-11(9-17)4-3-10-5-7-14-13(16(10)12)6-8-15(18)19-14/h2-8,17H,1,9H2. The van der Waals surface area contributed by atoms with Crippen LogP contribution in [0.1, 0.15) is 11.1 Å². The van der Waals surface area contributed by atoms with Gasteiger partial charge < -0.3 is 9.52 Å². The molecule has 0 saturated carbocycles. The van der Waals surface area contributed by atoms with E-state index in [-0.39, 0.29) is 12.2 Å². The summed E-state index contributed by atoms with van der Waals surface area (Å²) in [6.45, 7) is 3.76. The molecule has 0 radical (unpaired) electrons. The second kappa shape index (κ2) is 4.37. The van der Waals surface area contributed by atoms with E-state index < -0.39 is 0 Å². The maximum atomic E-state index is 11.3. The SMILES string of the molecule is C=Cc1c(CO)ccc2ccc3oc(=O)ccc3c12. The summed E-state index contributed by atoms with van der Waals surface area (Å²) in [6, 6.07) is 10.7. The fourth-order valence-corrected chi connectivity index (χ4v) is 2.42. The van der Waals surface area contributed by atoms with Crippen molar-refractivity contribution < 1.29 is 9.52 Å². The molecule has 0 bridgehead atoms. The van der Waals surface area contributed by atoms with Crippen LogP contribution in [0.25, 0.3) is 27.8 Å². The van der Waals surface area contributed by atoms with Crippen molar-refractivity contribution in [3.63, 3.8) is 0 Å². The first-order valence-electron chi connectivity index (χ1n) is 5.96. The average Bonchev–Trinajstić information content (AvgIpc) is 2.45. The minimum absolute atomic E-state index is 0.0511. The van der Waals surface area contributed by atoms with E-state index in [0.717, 1.165) is 27.3 Å². The van der Waals surface area contributed by atoms with Crippen LogP contribution in [0, 0.1) is 0 Å². The molecule has 0 spiro atoms. The van der Waals surface area contributed by atoms with Crippen molar-refractivity contribution in [1.82, 2.24) is 0 Å². The predicted octanol–water partition coefficient (Wildman–Crippen LogP) is 3.08. The van der Waals surface area contributed by atoms with Gasteiger partial charge in [-0.25, -0.2) is 4.79 Å². The van der Waals surface area contributed by atoms with Crippen LogP contribution in [0.2, 0.25) is 0 Å². The van der Waals surface area contributed by atoms with Crippen LogP contribution >= 0.6 is 0 Å². The van der Waals surface area contributed by atoms with Crippen LogP contribution in [0.4, 0.5) is 0 Å². The summed E-state index contributed by atoms with van der Waals surface area (Å²) < 4.78 is 5.19. The van der Waals surface area contributed by atoms with Crippen molar-refractivity contribution >= 4 is 27.8 Å². The number of aliphatic hydroxyl groups is 1. The third-order valence-electron chi connectivity index (χ3n) is 3.29. The van der Waals surface area contributed by atoms with Gasteiger partial charge in [0, 0.05) is 16.8 Å². The lowest BCUT2D eigenvalue weighted by molar-refractivity contribution is 0.282. The first kappa shape index (κ1) is 11.7. The van der Waals surface area contributed by atoms with Crippen molar-refractivity contribution in [3.8, 4) is 0 Å². The summed E-state index contributed by atoms with van der Waals surface area (Å²) in [5, 5.41) is 12.2. The molecule has 3 heteroatoms. The van der Waals surface area contributed by atoms with Gasteiger partial charge in [-0.2, -0.15) is 0 Å². The molecule has 0 aliphatic rings. The molecule has 1 aromatic heterocycles. The molecule has 0 aliphatic carbocycles. The molecule has 0 atom stereocenters. The summed E-state index contributed by atoms with van der Waals surface area (Å²) in [7, 11) is 0. The smallest absolute Gasteiger partial charge is 0.336 e. The van der Waals surface area contributed by atoms with E-state index >= 15 is 0 Å². The predicted molar refractivity (Wildman–Crippen MR) is 76.0 cm³/mol. The highest BCUT2D eigenvalue weighted by molar-refractivity contribution is 6.09. The Kier molecular flexibility index (Phi) is 2.69. The van der Waals surface area contributed by atoms with Gasteiger partial charge in [-0.1, -0.05) is 30.9 Å². The minimum atomic E-state index is -0.370. The molecule has 1 heterocycles. The van der Waals surface area contributed by atoms with E-state index in [2.05, 4.69) is 6.58 Å². The molecular formula is C16H12O3. The minimum Gasteiger partial charge on any atom is -0.423 e. The van der Waals surface area contributed by atoms with Crippen molar-refractivity contribution in [3.05, 3.63) is 64.5 Å². The van der Waals surface area contributed by atoms with E-state index in [1.807, 2.05) is 18.2 Å². The number of benzene rings is 2. The number of fused-ring (bicyclic) bond motifs is 3. The van der Waals surface area contributed by atoms with Crippen LogP contribution in [0.3, 0.4) is 0 Å². The number of aliphatic hydroxyl groups excluding tert-OH is 1. The van der Waals surface area contributed by atoms with Gasteiger partial charge in [0.1, 0.15) is 5.58 Å². The number of hydrogen-bond acceptors (Lipinski definition) is 3. The van der Waals surface area contributed by atoms with Crippen LogP contribution < -0.4 is 5.63 Å². The van der Waals surface area contributed by atoms with Crippen LogP contribution in [-0.4, -0.2) is 5.11 Å². The molecule has 2 aromatic carbocycles. The van der Waals surface area contributed by atoms with Gasteiger partial charge in [-0.05, 0) is 28.6 Å². The van der Waals surface area contributed by atoms with E-state index in [1.54, 1.807) is 18.2 Å². The second-order valence-corrected chi connectivity index (χ2v) is 4.33. The summed E-state index contributed by atoms with van der Waals surface area (Å²) in [5.41, 5.74) is 1.85. The molecule has 1 N–H and O–H groups in total. The monoisotopic (exact) mass is 252 g/mol. The number of rotatable bonds is 2. The highest BCUT2D eigenvalue weighted by Gasteiger charge is 2.09. The maximum Gasteiger partial charge on any atom is 0.336 e. The fraction of sp³-hybridized carbons (Fsp3) is 0.0625. The van der Waals surface area contributed by atoms with E-state index in [1.165, 1.54) is 6.07 Å². The van der Waals surface area contributed by atoms with Crippen molar-refractivity contribution in [2.24, 2.45) is 0 Å². The van der Waals surface area contributed by atoms with E-state index in [9.17, 15) is 9.90 Å². The molecule has 94 valence electrons. The van der Waals surface area contributed by atoms with E-state index in [4.69, 9.17) is 4.42 Å². The van der Waals surface area contributed by atoms with Crippen molar-refractivity contribution in [2.45, 2.75) is 6.61 Å². The Labute approximate surface area is 109 Å². The Balaban J connectivity index is 2.58. The lowest BCUT2D eigenvalue weighted by Crippen LogP contribution is -1.96. The summed E-state index contributed by atoms with van der Waals surface area (Å²) in [6.07, 6.45) is 1.72. The summed E-state index contributed by atoms with van der Waals surface area (Å²) in [4.78, 5) is 11.3. The molecular weight excluding hydrogens is 240 g/mol. The Hall–Kier alpha value is -2.39. The Morgan fingerprint density at radius 2 is 1.95 bits per heavy atom. The van der Waals surface area contributed by atoms with Gasteiger partial charge in [0.2, 0.25) is 0 Å². The first-order valence-corrected chi connectivity index (χ1v) is 5.96. The highest BCUT2D eigenvalue weighted by atomic mass is 16.4. The highest BCUT2D eigenvalue weighted by Crippen LogP contribution is 2.30. The van der Waals surface area contributed by atoms with Gasteiger partial charge in [0.25, 0.3) is 0 Å². The second-order valence-electron chi connectivity index (χ2n) is 4.33. The maximum absolute atomic E-state index is 11.3. The fourth-order valence-electron chi connectivity index (χ4n) is 2.42. The van der Waals surface area contributed by atoms with Gasteiger partial charge in [-0.15, -0.1) is 0 Å². The lowest BCUT2D eigenvalue weighted by atomic mass is 9.96. The van der Waals surface area contributed by atoms with Gasteiger partial charge in [0.05, 0.1) is 6.61 Å². The average molecular weight is 252 g/mol. The van der Waals surface area contributed by atoms with Crippen LogP contribution in [0.5, 0.6) is 0 Å². The van der Waals surface area contributed by atoms with Gasteiger partial charge in [-0.3, -0.25) is 0 Å². The molecule has 0 fully saturated rings. The van der Waals surface area contributed by atoms with E-state index in [0.29, 0.717) is 5.58 Å². The number of hydrogen-bond donors (Lipinski definition) is 1. The third kappa shape index (κ3) is 1.75. The zero-order chi connectivity index (χ0) is 13.4. The first-order chi connectivity index (χ1) is 9.24. The molecule has 19 heavy (non-hydrogen) atoms. The molecule has 3 aromatic rings. The third-order valence-corrected chi connectivity index (χ3v) is 3.29. The molecule has 0 saturated heterocycles. The summed E-state index contributed by atoms with van der Waals surface area (Å²) >= 11 is 0. The normalized spacial score (nSPS) is 11.0. The summed E-state index contributed by atoms with van der Waals surface area (Å²) in [5.74, 6) is 0. The molecule has 3 rings (SSSR count). The van der Waals surface area contributed by atoms with Gasteiger partial charge in [0.15, 0.2) is 0 Å². The van der Waals surface area contributed by atoms with Crippen LogP contribution in [0.15, 0.2) is 52.2 Å². The van der Waals surface area contributed by atoms with Crippen LogP contribution in [-0.2, 0) is 6.61 Å². The zero-order valence-corrected chi connectivity index (χ0v) is 10.2. The largest absolute Gasteiger partial charge is 0.423 e. The Morgan fingerprint density at radius 3 is 2.68 bits per heavy atom. The molecule has 3 nitrogen and oxygen atoms in total. The zero-order valence-electron chi connectivity index (χ0n) is 10.2. The van der Waals surface area contributed by atoms with Crippen molar-refractivity contribution in [2.75, 3.05) is 0 Å². The quantitative estimate of drug-likeness (QED) is 0.563. The Bertz CT molecular complexity index is 844. The topological polar surface area (TPSA) is 50.4 Å². The van der Waals surface area contributed by atoms with Crippen molar-refractivity contribution in [1.29, 1.82) is 0 Å². The molecule has 0 aliphatic heterocycles.